The fraction of sp³-hybridized carbons (Fsp3) is 0.400. The van der Waals surface area contributed by atoms with Crippen LogP contribution in [0.5, 0.6) is 5.75 Å². The van der Waals surface area contributed by atoms with E-state index in [0.29, 0.717) is 35.7 Å². The lowest BCUT2D eigenvalue weighted by molar-refractivity contribution is -0.136. The molecule has 1 aromatic carbocycles. The van der Waals surface area contributed by atoms with E-state index in [9.17, 15) is 9.59 Å². The third kappa shape index (κ3) is 3.19. The minimum Gasteiger partial charge on any atom is -0.489 e. The molecule has 26 heavy (non-hydrogen) atoms. The number of carbonyl (C=O) groups excluding carboxylic acids is 1. The number of carbonyl (C=O) groups is 2. The molecule has 1 N–H and O–H groups in total. The van der Waals surface area contributed by atoms with Gasteiger partial charge in [-0.05, 0) is 18.4 Å². The fourth-order valence-corrected chi connectivity index (χ4v) is 3.24. The third-order valence-electron chi connectivity index (χ3n) is 4.48. The van der Waals surface area contributed by atoms with E-state index in [1.165, 1.54) is 6.26 Å². The van der Waals surface area contributed by atoms with Gasteiger partial charge in [0.25, 0.3) is 5.91 Å². The van der Waals surface area contributed by atoms with Gasteiger partial charge in [-0.3, -0.25) is 9.59 Å². The topological polar surface area (TPSA) is 80.0 Å². The maximum absolute atomic E-state index is 13.2. The molecule has 2 aromatic rings. The number of para-hydroxylation sites is 1. The van der Waals surface area contributed by atoms with Crippen LogP contribution in [0, 0.1) is 6.92 Å². The fourth-order valence-electron chi connectivity index (χ4n) is 3.24. The number of rotatable bonds is 3. The quantitative estimate of drug-likeness (QED) is 0.909. The second-order valence-electron chi connectivity index (χ2n) is 7.50. The van der Waals surface area contributed by atoms with Gasteiger partial charge in [0, 0.05) is 11.1 Å². The normalized spacial score (nSPS) is 13.9. The van der Waals surface area contributed by atoms with Crippen molar-refractivity contribution in [3.63, 3.8) is 0 Å². The largest absolute Gasteiger partial charge is 0.489 e. The molecule has 138 valence electrons. The highest BCUT2D eigenvalue weighted by molar-refractivity contribution is 6.09. The van der Waals surface area contributed by atoms with Crippen molar-refractivity contribution in [1.82, 2.24) is 0 Å². The van der Waals surface area contributed by atoms with Gasteiger partial charge >= 0.3 is 5.97 Å². The molecule has 1 aliphatic rings. The average Bonchev–Trinajstić information content (AvgIpc) is 2.92. The first-order valence-corrected chi connectivity index (χ1v) is 8.57. The zero-order chi connectivity index (χ0) is 19.1. The molecular weight excluding hydrogens is 334 g/mol. The summed E-state index contributed by atoms with van der Waals surface area (Å²) in [6, 6.07) is 5.77. The Morgan fingerprint density at radius 3 is 2.65 bits per heavy atom. The van der Waals surface area contributed by atoms with Crippen molar-refractivity contribution in [3.05, 3.63) is 46.9 Å². The Balaban J connectivity index is 2.05. The number of hydrogen-bond acceptors (Lipinski definition) is 4. The summed E-state index contributed by atoms with van der Waals surface area (Å²) < 4.78 is 11.2. The molecule has 1 aliphatic heterocycles. The number of hydrogen-bond donors (Lipinski definition) is 1. The maximum Gasteiger partial charge on any atom is 0.311 e. The minimum absolute atomic E-state index is 0.128. The van der Waals surface area contributed by atoms with Crippen LogP contribution in [0.25, 0.3) is 0 Å². The molecule has 1 aromatic heterocycles. The summed E-state index contributed by atoms with van der Waals surface area (Å²) in [4.78, 5) is 26.0. The number of carboxylic acids is 1. The van der Waals surface area contributed by atoms with Crippen LogP contribution in [-0.2, 0) is 16.6 Å². The van der Waals surface area contributed by atoms with E-state index in [-0.39, 0.29) is 23.5 Å². The highest BCUT2D eigenvalue weighted by Crippen LogP contribution is 2.41. The van der Waals surface area contributed by atoms with E-state index >= 15 is 0 Å². The minimum atomic E-state index is -1.04. The van der Waals surface area contributed by atoms with Gasteiger partial charge in [-0.1, -0.05) is 32.9 Å². The van der Waals surface area contributed by atoms with Crippen LogP contribution in [0.1, 0.15) is 48.0 Å². The summed E-state index contributed by atoms with van der Waals surface area (Å²) in [5.41, 5.74) is 2.56. The molecule has 2 heterocycles. The molecule has 0 radical (unpaired) electrons. The van der Waals surface area contributed by atoms with E-state index in [1.54, 1.807) is 11.8 Å². The lowest BCUT2D eigenvalue weighted by Crippen LogP contribution is -2.39. The monoisotopic (exact) mass is 357 g/mol. The van der Waals surface area contributed by atoms with E-state index < -0.39 is 5.97 Å². The number of nitrogens with zero attached hydrogens (tertiary/aromatic N) is 1. The Morgan fingerprint density at radius 2 is 2.00 bits per heavy atom. The highest BCUT2D eigenvalue weighted by atomic mass is 16.5. The van der Waals surface area contributed by atoms with Crippen molar-refractivity contribution < 1.29 is 23.8 Å². The van der Waals surface area contributed by atoms with Gasteiger partial charge in [0.1, 0.15) is 24.5 Å². The van der Waals surface area contributed by atoms with E-state index in [0.717, 1.165) is 5.56 Å². The molecule has 0 unspecified atom stereocenters. The Bertz CT molecular complexity index is 860. The summed E-state index contributed by atoms with van der Waals surface area (Å²) in [6.07, 6.45) is 1.10. The second kappa shape index (κ2) is 6.52. The van der Waals surface area contributed by atoms with E-state index in [4.69, 9.17) is 14.3 Å². The van der Waals surface area contributed by atoms with Crippen LogP contribution in [0.15, 0.2) is 28.9 Å². The van der Waals surface area contributed by atoms with Crippen molar-refractivity contribution in [1.29, 1.82) is 0 Å². The molecule has 0 fully saturated rings. The molecule has 6 nitrogen and oxygen atoms in total. The standard InChI is InChI=1S/C20H23NO5/c1-12-11-26-15(10-16(22)23)17(12)19(24)21-8-9-25-18-13(20(2,3)4)6-5-7-14(18)21/h5-7,11H,8-10H2,1-4H3,(H,22,23). The first-order valence-electron chi connectivity index (χ1n) is 8.57. The number of carboxylic acid groups (broad SMARTS) is 1. The van der Waals surface area contributed by atoms with Crippen LogP contribution in [0.4, 0.5) is 5.69 Å². The Morgan fingerprint density at radius 1 is 1.27 bits per heavy atom. The van der Waals surface area contributed by atoms with Crippen LogP contribution >= 0.6 is 0 Å². The van der Waals surface area contributed by atoms with Gasteiger partial charge in [0.05, 0.1) is 24.1 Å². The second-order valence-corrected chi connectivity index (χ2v) is 7.50. The van der Waals surface area contributed by atoms with Gasteiger partial charge in [-0.25, -0.2) is 0 Å². The smallest absolute Gasteiger partial charge is 0.311 e. The van der Waals surface area contributed by atoms with Crippen LogP contribution in [0.2, 0.25) is 0 Å². The Labute approximate surface area is 152 Å². The number of aliphatic carboxylic acids is 1. The van der Waals surface area contributed by atoms with Crippen LogP contribution in [-0.4, -0.2) is 30.1 Å². The summed E-state index contributed by atoms with van der Waals surface area (Å²) >= 11 is 0. The lowest BCUT2D eigenvalue weighted by atomic mass is 9.85. The molecule has 0 saturated heterocycles. The predicted octanol–water partition coefficient (Wildman–Crippen LogP) is 3.55. The first kappa shape index (κ1) is 18.0. The molecule has 0 saturated carbocycles. The zero-order valence-corrected chi connectivity index (χ0v) is 15.5. The number of ether oxygens (including phenoxy) is 1. The number of benzene rings is 1. The number of aryl methyl sites for hydroxylation is 1. The highest BCUT2D eigenvalue weighted by Gasteiger charge is 2.32. The molecule has 6 heteroatoms. The molecule has 0 atom stereocenters. The molecule has 0 bridgehead atoms. The van der Waals surface area contributed by atoms with Gasteiger partial charge in [-0.15, -0.1) is 0 Å². The maximum atomic E-state index is 13.2. The van der Waals surface area contributed by atoms with Gasteiger partial charge in [-0.2, -0.15) is 0 Å². The molecule has 3 rings (SSSR count). The van der Waals surface area contributed by atoms with Gasteiger partial charge in [0.15, 0.2) is 0 Å². The van der Waals surface area contributed by atoms with Gasteiger partial charge in [0.2, 0.25) is 0 Å². The molecular formula is C20H23NO5. The lowest BCUT2D eigenvalue weighted by Gasteiger charge is -2.33. The van der Waals surface area contributed by atoms with Crippen molar-refractivity contribution >= 4 is 17.6 Å². The van der Waals surface area contributed by atoms with Gasteiger partial charge < -0.3 is 19.2 Å². The number of fused-ring (bicyclic) bond motifs is 1. The summed E-state index contributed by atoms with van der Waals surface area (Å²) in [5.74, 6) is -0.408. The Hall–Kier alpha value is -2.76. The number of amides is 1. The predicted molar refractivity (Wildman–Crippen MR) is 97.1 cm³/mol. The van der Waals surface area contributed by atoms with Crippen LogP contribution in [0.3, 0.4) is 0 Å². The zero-order valence-electron chi connectivity index (χ0n) is 15.5. The summed E-state index contributed by atoms with van der Waals surface area (Å²) in [5, 5.41) is 9.07. The first-order chi connectivity index (χ1) is 12.2. The Kier molecular flexibility index (Phi) is 4.52. The third-order valence-corrected chi connectivity index (χ3v) is 4.48. The summed E-state index contributed by atoms with van der Waals surface area (Å²) in [6.45, 7) is 8.82. The summed E-state index contributed by atoms with van der Waals surface area (Å²) in [7, 11) is 0. The van der Waals surface area contributed by atoms with Crippen molar-refractivity contribution in [2.75, 3.05) is 18.1 Å². The molecule has 0 aliphatic carbocycles. The molecule has 0 spiro atoms. The van der Waals surface area contributed by atoms with Crippen molar-refractivity contribution in [2.24, 2.45) is 0 Å². The van der Waals surface area contributed by atoms with Crippen LogP contribution < -0.4 is 9.64 Å². The van der Waals surface area contributed by atoms with E-state index in [2.05, 4.69) is 20.8 Å². The number of furan rings is 1. The SMILES string of the molecule is Cc1coc(CC(=O)O)c1C(=O)N1CCOc2c1cccc2C(C)(C)C. The number of anilines is 1. The van der Waals surface area contributed by atoms with Crippen molar-refractivity contribution in [2.45, 2.75) is 39.5 Å². The van der Waals surface area contributed by atoms with Crippen molar-refractivity contribution in [3.8, 4) is 5.75 Å². The molecule has 1 amide bonds. The van der Waals surface area contributed by atoms with E-state index in [1.807, 2.05) is 18.2 Å². The average molecular weight is 357 g/mol.